The molecule has 2 amide bonds. The van der Waals surface area contributed by atoms with Crippen molar-refractivity contribution in [2.24, 2.45) is 0 Å². The predicted octanol–water partition coefficient (Wildman–Crippen LogP) is 5.37. The number of hydrogen-bond acceptors (Lipinski definition) is 7. The van der Waals surface area contributed by atoms with E-state index in [1.165, 1.54) is 11.3 Å². The average molecular weight is 514 g/mol. The van der Waals surface area contributed by atoms with Crippen LogP contribution in [0.1, 0.15) is 47.3 Å². The zero-order valence-electron chi connectivity index (χ0n) is 20.2. The van der Waals surface area contributed by atoms with Crippen molar-refractivity contribution in [2.75, 3.05) is 23.8 Å². The topological polar surface area (TPSA) is 87.7 Å². The van der Waals surface area contributed by atoms with Gasteiger partial charge in [0.1, 0.15) is 10.6 Å². The molecule has 10 heteroatoms. The van der Waals surface area contributed by atoms with Crippen molar-refractivity contribution in [3.63, 3.8) is 0 Å². The molecule has 184 valence electrons. The number of para-hydroxylation sites is 1. The fourth-order valence-corrected chi connectivity index (χ4v) is 4.83. The maximum Gasteiger partial charge on any atom is 0.410 e. The number of fused-ring (bicyclic) bond motifs is 1. The highest BCUT2D eigenvalue weighted by Crippen LogP contribution is 2.27. The Balaban J connectivity index is 1.37. The van der Waals surface area contributed by atoms with Crippen LogP contribution < -0.4 is 10.2 Å². The molecule has 0 radical (unpaired) electrons. The van der Waals surface area contributed by atoms with Gasteiger partial charge < -0.3 is 14.5 Å². The van der Waals surface area contributed by atoms with E-state index in [2.05, 4.69) is 15.5 Å². The van der Waals surface area contributed by atoms with Crippen LogP contribution >= 0.6 is 22.9 Å². The molecule has 2 heterocycles. The lowest BCUT2D eigenvalue weighted by molar-refractivity contribution is 0.0224. The average Bonchev–Trinajstić information content (AvgIpc) is 3.23. The first-order chi connectivity index (χ1) is 16.6. The van der Waals surface area contributed by atoms with Gasteiger partial charge in [-0.15, -0.1) is 10.2 Å². The minimum absolute atomic E-state index is 0.246. The Hall–Kier alpha value is -3.17. The maximum atomic E-state index is 12.8. The van der Waals surface area contributed by atoms with E-state index in [0.717, 1.165) is 21.8 Å². The van der Waals surface area contributed by atoms with Crippen LogP contribution in [0.4, 0.5) is 15.6 Å². The standard InChI is InChI=1S/C25H28ClN5O3S/c1-25(2,3)34-24(33)31-12-11-16-13-17(9-10-18(16)14-31)22(32)27-23-29-28-21(35-23)15-30(4)20-8-6-5-7-19(20)26/h5-10,13H,11-12,14-15H2,1-4H3,(H,27,29,32). The number of amides is 2. The number of aromatic nitrogens is 2. The Labute approximate surface area is 213 Å². The summed E-state index contributed by atoms with van der Waals surface area (Å²) in [7, 11) is 1.93. The molecule has 0 aliphatic carbocycles. The third-order valence-corrected chi connectivity index (χ3v) is 6.60. The number of hydrogen-bond donors (Lipinski definition) is 1. The van der Waals surface area contributed by atoms with E-state index < -0.39 is 5.60 Å². The second kappa shape index (κ2) is 10.2. The molecule has 0 unspecified atom stereocenters. The minimum atomic E-state index is -0.534. The van der Waals surface area contributed by atoms with Crippen molar-refractivity contribution in [3.8, 4) is 0 Å². The Morgan fingerprint density at radius 3 is 2.69 bits per heavy atom. The van der Waals surface area contributed by atoms with Gasteiger partial charge in [0, 0.05) is 25.7 Å². The smallest absolute Gasteiger partial charge is 0.410 e. The molecule has 0 spiro atoms. The van der Waals surface area contributed by atoms with Crippen molar-refractivity contribution in [2.45, 2.75) is 45.9 Å². The van der Waals surface area contributed by atoms with E-state index >= 15 is 0 Å². The molecule has 8 nitrogen and oxygen atoms in total. The number of carbonyl (C=O) groups is 2. The van der Waals surface area contributed by atoms with E-state index in [0.29, 0.717) is 41.8 Å². The van der Waals surface area contributed by atoms with Crippen LogP contribution in [0.3, 0.4) is 0 Å². The molecule has 0 atom stereocenters. The fraction of sp³-hybridized carbons (Fsp3) is 0.360. The molecular weight excluding hydrogens is 486 g/mol. The van der Waals surface area contributed by atoms with E-state index in [-0.39, 0.29) is 12.0 Å². The zero-order valence-corrected chi connectivity index (χ0v) is 21.7. The maximum absolute atomic E-state index is 12.8. The van der Waals surface area contributed by atoms with Gasteiger partial charge in [0.15, 0.2) is 0 Å². The van der Waals surface area contributed by atoms with Crippen molar-refractivity contribution < 1.29 is 14.3 Å². The number of halogens is 1. The Kier molecular flexibility index (Phi) is 7.28. The van der Waals surface area contributed by atoms with Crippen molar-refractivity contribution >= 4 is 45.8 Å². The molecule has 4 rings (SSSR count). The fourth-order valence-electron chi connectivity index (χ4n) is 3.76. The molecule has 1 aromatic heterocycles. The highest BCUT2D eigenvalue weighted by molar-refractivity contribution is 7.15. The Morgan fingerprint density at radius 2 is 1.94 bits per heavy atom. The summed E-state index contributed by atoms with van der Waals surface area (Å²) in [5, 5.41) is 13.0. The number of nitrogens with one attached hydrogen (secondary N) is 1. The summed E-state index contributed by atoms with van der Waals surface area (Å²) in [6.45, 7) is 7.09. The summed E-state index contributed by atoms with van der Waals surface area (Å²) >= 11 is 7.59. The van der Waals surface area contributed by atoms with Gasteiger partial charge in [-0.1, -0.05) is 41.1 Å². The van der Waals surface area contributed by atoms with Crippen LogP contribution in [0.5, 0.6) is 0 Å². The molecular formula is C25H28ClN5O3S. The minimum Gasteiger partial charge on any atom is -0.444 e. The summed E-state index contributed by atoms with van der Waals surface area (Å²) in [5.41, 5.74) is 2.97. The molecule has 0 bridgehead atoms. The molecule has 0 saturated carbocycles. The summed E-state index contributed by atoms with van der Waals surface area (Å²) in [4.78, 5) is 28.9. The Bertz CT molecular complexity index is 1240. The second-order valence-corrected chi connectivity index (χ2v) is 10.9. The molecule has 2 aromatic carbocycles. The molecule has 0 saturated heterocycles. The molecule has 1 aliphatic rings. The second-order valence-electron chi connectivity index (χ2n) is 9.40. The first-order valence-electron chi connectivity index (χ1n) is 11.3. The number of ether oxygens (including phenoxy) is 1. The van der Waals surface area contributed by atoms with Crippen LogP contribution in [0.15, 0.2) is 42.5 Å². The zero-order chi connectivity index (χ0) is 25.2. The first kappa shape index (κ1) is 24.9. The SMILES string of the molecule is CN(Cc1nnc(NC(=O)c2ccc3c(c2)CCN(C(=O)OC(C)(C)C)C3)s1)c1ccccc1Cl. The summed E-state index contributed by atoms with van der Waals surface area (Å²) in [5.74, 6) is -0.246. The van der Waals surface area contributed by atoms with Gasteiger partial charge >= 0.3 is 6.09 Å². The molecule has 1 N–H and O–H groups in total. The normalized spacial score (nSPS) is 13.2. The van der Waals surface area contributed by atoms with Gasteiger partial charge in [-0.05, 0) is 62.6 Å². The van der Waals surface area contributed by atoms with Gasteiger partial charge in [-0.2, -0.15) is 0 Å². The third-order valence-electron chi connectivity index (χ3n) is 5.46. The van der Waals surface area contributed by atoms with E-state index in [1.54, 1.807) is 11.0 Å². The highest BCUT2D eigenvalue weighted by Gasteiger charge is 2.26. The van der Waals surface area contributed by atoms with Gasteiger partial charge in [0.05, 0.1) is 17.3 Å². The lowest BCUT2D eigenvalue weighted by Gasteiger charge is -2.31. The van der Waals surface area contributed by atoms with Gasteiger partial charge in [0.25, 0.3) is 5.91 Å². The third kappa shape index (κ3) is 6.29. The highest BCUT2D eigenvalue weighted by atomic mass is 35.5. The summed E-state index contributed by atoms with van der Waals surface area (Å²) in [6, 6.07) is 13.1. The number of anilines is 2. The Morgan fingerprint density at radius 1 is 1.17 bits per heavy atom. The van der Waals surface area contributed by atoms with Gasteiger partial charge in [0.2, 0.25) is 5.13 Å². The van der Waals surface area contributed by atoms with E-state index in [1.807, 2.05) is 69.1 Å². The lowest BCUT2D eigenvalue weighted by atomic mass is 9.97. The van der Waals surface area contributed by atoms with Gasteiger partial charge in [-0.3, -0.25) is 10.1 Å². The van der Waals surface area contributed by atoms with Crippen molar-refractivity contribution in [1.82, 2.24) is 15.1 Å². The monoisotopic (exact) mass is 513 g/mol. The van der Waals surface area contributed by atoms with Crippen LogP contribution in [-0.2, 0) is 24.2 Å². The number of nitrogens with zero attached hydrogens (tertiary/aromatic N) is 4. The lowest BCUT2D eigenvalue weighted by Crippen LogP contribution is -2.39. The van der Waals surface area contributed by atoms with Gasteiger partial charge in [-0.25, -0.2) is 4.79 Å². The summed E-state index contributed by atoms with van der Waals surface area (Å²) < 4.78 is 5.48. The largest absolute Gasteiger partial charge is 0.444 e. The van der Waals surface area contributed by atoms with E-state index in [4.69, 9.17) is 16.3 Å². The van der Waals surface area contributed by atoms with Crippen molar-refractivity contribution in [3.05, 3.63) is 69.2 Å². The van der Waals surface area contributed by atoms with Crippen LogP contribution in [0.25, 0.3) is 0 Å². The molecule has 1 aliphatic heterocycles. The molecule has 0 fully saturated rings. The van der Waals surface area contributed by atoms with Crippen LogP contribution in [0, 0.1) is 0 Å². The first-order valence-corrected chi connectivity index (χ1v) is 12.5. The number of rotatable bonds is 5. The van der Waals surface area contributed by atoms with Crippen molar-refractivity contribution in [1.29, 1.82) is 0 Å². The number of benzene rings is 2. The van der Waals surface area contributed by atoms with Crippen LogP contribution in [0.2, 0.25) is 5.02 Å². The predicted molar refractivity (Wildman–Crippen MR) is 138 cm³/mol. The summed E-state index contributed by atoms with van der Waals surface area (Å²) in [6.07, 6.45) is 0.338. The quantitative estimate of drug-likeness (QED) is 0.493. The van der Waals surface area contributed by atoms with E-state index in [9.17, 15) is 9.59 Å². The molecule has 35 heavy (non-hydrogen) atoms. The number of carbonyl (C=O) groups excluding carboxylic acids is 2. The van der Waals surface area contributed by atoms with Crippen LogP contribution in [-0.4, -0.2) is 46.3 Å². The molecule has 3 aromatic rings.